The summed E-state index contributed by atoms with van der Waals surface area (Å²) in [7, 11) is 0. The van der Waals surface area contributed by atoms with Crippen LogP contribution in [0.1, 0.15) is 0 Å². The second kappa shape index (κ2) is 6.83. The first-order valence-corrected chi connectivity index (χ1v) is 6.87. The molecule has 0 aromatic heterocycles. The predicted molar refractivity (Wildman–Crippen MR) is 74.2 cm³/mol. The molecule has 1 aliphatic heterocycles. The van der Waals surface area contributed by atoms with Gasteiger partial charge in [0.05, 0.1) is 23.3 Å². The van der Waals surface area contributed by atoms with Crippen LogP contribution in [-0.2, 0) is 4.74 Å². The van der Waals surface area contributed by atoms with E-state index >= 15 is 0 Å². The minimum absolute atomic E-state index is 0.439. The number of hydrogen-bond donors (Lipinski definition) is 0. The third-order valence-electron chi connectivity index (χ3n) is 2.72. The standard InChI is InChI=1S/C12H14Cl3NO2/c13-9-7-10(14)12(11(15)8-9)18-6-3-16-1-4-17-5-2-16/h7-8H,1-6H2. The van der Waals surface area contributed by atoms with E-state index in [0.717, 1.165) is 32.8 Å². The molecule has 1 heterocycles. The quantitative estimate of drug-likeness (QED) is 0.851. The first-order valence-electron chi connectivity index (χ1n) is 5.74. The van der Waals surface area contributed by atoms with Crippen LogP contribution in [0.5, 0.6) is 5.75 Å². The van der Waals surface area contributed by atoms with Gasteiger partial charge < -0.3 is 9.47 Å². The Morgan fingerprint density at radius 1 is 1.11 bits per heavy atom. The normalized spacial score (nSPS) is 16.8. The minimum atomic E-state index is 0.439. The van der Waals surface area contributed by atoms with Gasteiger partial charge in [0.1, 0.15) is 6.61 Å². The monoisotopic (exact) mass is 309 g/mol. The van der Waals surface area contributed by atoms with Gasteiger partial charge in [-0.1, -0.05) is 34.8 Å². The van der Waals surface area contributed by atoms with Crippen LogP contribution in [0.3, 0.4) is 0 Å². The molecule has 1 aromatic rings. The molecular formula is C12H14Cl3NO2. The molecule has 1 saturated heterocycles. The molecule has 3 nitrogen and oxygen atoms in total. The molecule has 1 aliphatic rings. The van der Waals surface area contributed by atoms with Crippen molar-refractivity contribution in [2.24, 2.45) is 0 Å². The molecule has 6 heteroatoms. The van der Waals surface area contributed by atoms with E-state index in [1.807, 2.05) is 0 Å². The fraction of sp³-hybridized carbons (Fsp3) is 0.500. The van der Waals surface area contributed by atoms with Crippen LogP contribution in [0.2, 0.25) is 15.1 Å². The summed E-state index contributed by atoms with van der Waals surface area (Å²) in [6.45, 7) is 4.81. The fourth-order valence-corrected chi connectivity index (χ4v) is 2.69. The predicted octanol–water partition coefficient (Wildman–Crippen LogP) is 3.36. The highest BCUT2D eigenvalue weighted by molar-refractivity contribution is 6.40. The molecule has 18 heavy (non-hydrogen) atoms. The Morgan fingerprint density at radius 2 is 1.72 bits per heavy atom. The molecule has 100 valence electrons. The smallest absolute Gasteiger partial charge is 0.156 e. The molecule has 0 saturated carbocycles. The summed E-state index contributed by atoms with van der Waals surface area (Å²) in [5.41, 5.74) is 0. The largest absolute Gasteiger partial charge is 0.489 e. The molecule has 0 aliphatic carbocycles. The van der Waals surface area contributed by atoms with Crippen molar-refractivity contribution in [2.45, 2.75) is 0 Å². The molecule has 1 fully saturated rings. The minimum Gasteiger partial charge on any atom is -0.489 e. The molecule has 2 rings (SSSR count). The van der Waals surface area contributed by atoms with Crippen LogP contribution in [0.15, 0.2) is 12.1 Å². The third kappa shape index (κ3) is 3.90. The van der Waals surface area contributed by atoms with Gasteiger partial charge in [0.2, 0.25) is 0 Å². The third-order valence-corrected chi connectivity index (χ3v) is 3.50. The summed E-state index contributed by atoms with van der Waals surface area (Å²) in [6, 6.07) is 3.25. The zero-order valence-corrected chi connectivity index (χ0v) is 12.1. The molecular weight excluding hydrogens is 296 g/mol. The van der Waals surface area contributed by atoms with Crippen LogP contribution >= 0.6 is 34.8 Å². The van der Waals surface area contributed by atoms with Gasteiger partial charge in [0.15, 0.2) is 5.75 Å². The van der Waals surface area contributed by atoms with E-state index in [1.54, 1.807) is 12.1 Å². The lowest BCUT2D eigenvalue weighted by molar-refractivity contribution is 0.0322. The number of halogens is 3. The van der Waals surface area contributed by atoms with E-state index in [0.29, 0.717) is 27.4 Å². The number of hydrogen-bond acceptors (Lipinski definition) is 3. The molecule has 1 aromatic carbocycles. The van der Waals surface area contributed by atoms with Crippen LogP contribution in [0.25, 0.3) is 0 Å². The topological polar surface area (TPSA) is 21.7 Å². The fourth-order valence-electron chi connectivity index (χ4n) is 1.77. The van der Waals surface area contributed by atoms with Crippen molar-refractivity contribution in [1.82, 2.24) is 4.90 Å². The molecule has 0 atom stereocenters. The molecule has 0 amide bonds. The summed E-state index contributed by atoms with van der Waals surface area (Å²) < 4.78 is 10.9. The Hall–Kier alpha value is -0.190. The summed E-state index contributed by atoms with van der Waals surface area (Å²) in [5.74, 6) is 0.496. The second-order valence-electron chi connectivity index (χ2n) is 4.00. The van der Waals surface area contributed by atoms with Crippen LogP contribution in [0, 0.1) is 0 Å². The van der Waals surface area contributed by atoms with E-state index in [4.69, 9.17) is 44.3 Å². The Balaban J connectivity index is 1.86. The summed E-state index contributed by atoms with van der Waals surface area (Å²) >= 11 is 17.9. The molecule has 0 N–H and O–H groups in total. The van der Waals surface area contributed by atoms with Crippen LogP contribution in [-0.4, -0.2) is 44.4 Å². The molecule has 0 bridgehead atoms. The lowest BCUT2D eigenvalue weighted by Gasteiger charge is -2.26. The number of morpholine rings is 1. The summed E-state index contributed by atoms with van der Waals surface area (Å²) in [6.07, 6.45) is 0. The van der Waals surface area contributed by atoms with Gasteiger partial charge in [-0.05, 0) is 12.1 Å². The molecule has 0 unspecified atom stereocenters. The summed E-state index contributed by atoms with van der Waals surface area (Å²) in [5, 5.41) is 1.38. The first kappa shape index (κ1) is 14.2. The van der Waals surface area contributed by atoms with Gasteiger partial charge in [0.25, 0.3) is 0 Å². The highest BCUT2D eigenvalue weighted by atomic mass is 35.5. The Bertz CT molecular complexity index is 385. The van der Waals surface area contributed by atoms with Crippen molar-refractivity contribution in [3.05, 3.63) is 27.2 Å². The Labute approximate surface area is 122 Å². The number of ether oxygens (including phenoxy) is 2. The van der Waals surface area contributed by atoms with Gasteiger partial charge in [-0.25, -0.2) is 0 Å². The van der Waals surface area contributed by atoms with Crippen molar-refractivity contribution in [1.29, 1.82) is 0 Å². The van der Waals surface area contributed by atoms with Crippen molar-refractivity contribution in [3.63, 3.8) is 0 Å². The van der Waals surface area contributed by atoms with Crippen LogP contribution in [0.4, 0.5) is 0 Å². The van der Waals surface area contributed by atoms with Gasteiger partial charge in [-0.2, -0.15) is 0 Å². The zero-order valence-electron chi connectivity index (χ0n) is 9.79. The number of rotatable bonds is 4. The highest BCUT2D eigenvalue weighted by Gasteiger charge is 2.12. The lowest BCUT2D eigenvalue weighted by Crippen LogP contribution is -2.38. The van der Waals surface area contributed by atoms with Gasteiger partial charge in [-0.3, -0.25) is 4.90 Å². The maximum atomic E-state index is 6.03. The van der Waals surface area contributed by atoms with E-state index in [9.17, 15) is 0 Å². The maximum Gasteiger partial charge on any atom is 0.156 e. The second-order valence-corrected chi connectivity index (χ2v) is 5.25. The number of benzene rings is 1. The van der Waals surface area contributed by atoms with Crippen LogP contribution < -0.4 is 4.74 Å². The number of nitrogens with zero attached hydrogens (tertiary/aromatic N) is 1. The van der Waals surface area contributed by atoms with Crippen molar-refractivity contribution in [3.8, 4) is 5.75 Å². The Kier molecular flexibility index (Phi) is 5.39. The average Bonchev–Trinajstić information content (AvgIpc) is 2.34. The average molecular weight is 311 g/mol. The van der Waals surface area contributed by atoms with Gasteiger partial charge in [0, 0.05) is 24.7 Å². The van der Waals surface area contributed by atoms with Gasteiger partial charge >= 0.3 is 0 Å². The maximum absolute atomic E-state index is 6.03. The molecule has 0 radical (unpaired) electrons. The first-order chi connectivity index (χ1) is 8.66. The van der Waals surface area contributed by atoms with E-state index in [-0.39, 0.29) is 0 Å². The van der Waals surface area contributed by atoms with E-state index in [1.165, 1.54) is 0 Å². The SMILES string of the molecule is Clc1cc(Cl)c(OCCN2CCOCC2)c(Cl)c1. The van der Waals surface area contributed by atoms with Crippen molar-refractivity contribution >= 4 is 34.8 Å². The molecule has 0 spiro atoms. The summed E-state index contributed by atoms with van der Waals surface area (Å²) in [4.78, 5) is 2.28. The van der Waals surface area contributed by atoms with Gasteiger partial charge in [-0.15, -0.1) is 0 Å². The van der Waals surface area contributed by atoms with E-state index in [2.05, 4.69) is 4.90 Å². The Morgan fingerprint density at radius 3 is 2.33 bits per heavy atom. The lowest BCUT2D eigenvalue weighted by atomic mass is 10.3. The van der Waals surface area contributed by atoms with Crippen molar-refractivity contribution in [2.75, 3.05) is 39.5 Å². The van der Waals surface area contributed by atoms with Crippen molar-refractivity contribution < 1.29 is 9.47 Å². The zero-order chi connectivity index (χ0) is 13.0. The highest BCUT2D eigenvalue weighted by Crippen LogP contribution is 2.35. The van der Waals surface area contributed by atoms with E-state index < -0.39 is 0 Å².